The van der Waals surface area contributed by atoms with Crippen LogP contribution in [0.3, 0.4) is 0 Å². The molecule has 1 aliphatic rings. The number of para-hydroxylation sites is 1. The first-order chi connectivity index (χ1) is 12.2. The van der Waals surface area contributed by atoms with Gasteiger partial charge in [-0.05, 0) is 49.6 Å². The number of hydrogen-bond acceptors (Lipinski definition) is 4. The van der Waals surface area contributed by atoms with E-state index in [1.807, 2.05) is 43.3 Å². The van der Waals surface area contributed by atoms with Crippen molar-refractivity contribution in [2.24, 2.45) is 0 Å². The average molecular weight is 353 g/mol. The number of halogens is 1. The van der Waals surface area contributed by atoms with Crippen molar-refractivity contribution in [3.8, 4) is 0 Å². The fourth-order valence-corrected chi connectivity index (χ4v) is 3.49. The fourth-order valence-electron chi connectivity index (χ4n) is 3.31. The molecular weight excluding hydrogens is 332 g/mol. The van der Waals surface area contributed by atoms with E-state index in [1.165, 1.54) is 25.7 Å². The number of benzene rings is 2. The third kappa shape index (κ3) is 3.54. The number of aromatic nitrogens is 2. The monoisotopic (exact) mass is 352 g/mol. The highest BCUT2D eigenvalue weighted by Crippen LogP contribution is 2.28. The Kier molecular flexibility index (Phi) is 4.45. The molecule has 1 aliphatic carbocycles. The van der Waals surface area contributed by atoms with E-state index in [2.05, 4.69) is 21.7 Å². The Morgan fingerprint density at radius 3 is 2.64 bits per heavy atom. The molecule has 0 amide bonds. The molecule has 128 valence electrons. The maximum absolute atomic E-state index is 6.23. The van der Waals surface area contributed by atoms with Crippen LogP contribution in [-0.2, 0) is 0 Å². The summed E-state index contributed by atoms with van der Waals surface area (Å²) >= 11 is 6.23. The van der Waals surface area contributed by atoms with Gasteiger partial charge in [0.25, 0.3) is 0 Å². The smallest absolute Gasteiger partial charge is 0.229 e. The third-order valence-electron chi connectivity index (χ3n) is 4.73. The highest BCUT2D eigenvalue weighted by atomic mass is 35.5. The molecule has 0 atom stereocenters. The predicted molar refractivity (Wildman–Crippen MR) is 105 cm³/mol. The lowest BCUT2D eigenvalue weighted by atomic mass is 10.2. The lowest BCUT2D eigenvalue weighted by molar-refractivity contribution is 0.752. The average Bonchev–Trinajstić information content (AvgIpc) is 3.11. The van der Waals surface area contributed by atoms with Crippen LogP contribution in [0.15, 0.2) is 42.5 Å². The summed E-state index contributed by atoms with van der Waals surface area (Å²) in [5, 5.41) is 8.68. The Balaban J connectivity index is 1.69. The van der Waals surface area contributed by atoms with E-state index in [1.54, 1.807) is 0 Å². The zero-order valence-corrected chi connectivity index (χ0v) is 15.0. The second kappa shape index (κ2) is 6.89. The summed E-state index contributed by atoms with van der Waals surface area (Å²) in [6.45, 7) is 1.99. The van der Waals surface area contributed by atoms with Crippen LogP contribution >= 0.6 is 11.6 Å². The molecule has 4 nitrogen and oxygen atoms in total. The van der Waals surface area contributed by atoms with Crippen molar-refractivity contribution in [3.05, 3.63) is 53.1 Å². The Morgan fingerprint density at radius 2 is 1.84 bits per heavy atom. The number of nitrogens with zero attached hydrogens (tertiary/aromatic N) is 2. The molecule has 3 aromatic rings. The van der Waals surface area contributed by atoms with Crippen LogP contribution in [0.4, 0.5) is 17.5 Å². The molecule has 1 heterocycles. The number of nitrogens with one attached hydrogen (secondary N) is 2. The van der Waals surface area contributed by atoms with Crippen LogP contribution < -0.4 is 10.6 Å². The van der Waals surface area contributed by atoms with Crippen LogP contribution in [0.5, 0.6) is 0 Å². The molecule has 2 N–H and O–H groups in total. The van der Waals surface area contributed by atoms with Gasteiger partial charge in [0.05, 0.1) is 5.52 Å². The number of hydrogen-bond donors (Lipinski definition) is 2. The molecule has 0 aliphatic heterocycles. The minimum atomic E-state index is 0.500. The molecule has 1 aromatic heterocycles. The molecule has 0 unspecified atom stereocenters. The molecule has 0 spiro atoms. The standard InChI is InChI=1S/C20H21ClN4/c1-13-10-11-15(12-17(13)21)23-20-24-18-9-5-4-8-16(18)19(25-20)22-14-6-2-3-7-14/h4-5,8-12,14H,2-3,6-7H2,1H3,(H2,22,23,24,25). The molecule has 1 fully saturated rings. The van der Waals surface area contributed by atoms with E-state index < -0.39 is 0 Å². The highest BCUT2D eigenvalue weighted by molar-refractivity contribution is 6.31. The van der Waals surface area contributed by atoms with Crippen LogP contribution in [0.1, 0.15) is 31.2 Å². The van der Waals surface area contributed by atoms with Gasteiger partial charge in [-0.3, -0.25) is 0 Å². The largest absolute Gasteiger partial charge is 0.367 e. The Hall–Kier alpha value is -2.33. The van der Waals surface area contributed by atoms with Crippen molar-refractivity contribution in [1.29, 1.82) is 0 Å². The topological polar surface area (TPSA) is 49.8 Å². The SMILES string of the molecule is Cc1ccc(Nc2nc(NC3CCCC3)c3ccccc3n2)cc1Cl. The first-order valence-corrected chi connectivity index (χ1v) is 9.13. The normalized spacial score (nSPS) is 14.8. The van der Waals surface area contributed by atoms with Crippen molar-refractivity contribution in [2.45, 2.75) is 38.6 Å². The van der Waals surface area contributed by atoms with Crippen molar-refractivity contribution in [2.75, 3.05) is 10.6 Å². The Morgan fingerprint density at radius 1 is 1.04 bits per heavy atom. The van der Waals surface area contributed by atoms with E-state index in [0.717, 1.165) is 33.0 Å². The van der Waals surface area contributed by atoms with Crippen LogP contribution in [0.2, 0.25) is 5.02 Å². The van der Waals surface area contributed by atoms with Gasteiger partial charge in [-0.25, -0.2) is 4.98 Å². The zero-order chi connectivity index (χ0) is 17.2. The Bertz CT molecular complexity index is 903. The van der Waals surface area contributed by atoms with Crippen LogP contribution in [-0.4, -0.2) is 16.0 Å². The summed E-state index contributed by atoms with van der Waals surface area (Å²) in [6, 6.07) is 14.5. The van der Waals surface area contributed by atoms with Gasteiger partial charge >= 0.3 is 0 Å². The van der Waals surface area contributed by atoms with Gasteiger partial charge in [0.2, 0.25) is 5.95 Å². The molecular formula is C20H21ClN4. The van der Waals surface area contributed by atoms with E-state index in [9.17, 15) is 0 Å². The lowest BCUT2D eigenvalue weighted by Gasteiger charge is -2.16. The maximum atomic E-state index is 6.23. The number of aryl methyl sites for hydroxylation is 1. The molecule has 25 heavy (non-hydrogen) atoms. The zero-order valence-electron chi connectivity index (χ0n) is 14.2. The minimum absolute atomic E-state index is 0.500. The summed E-state index contributed by atoms with van der Waals surface area (Å²) < 4.78 is 0. The van der Waals surface area contributed by atoms with E-state index in [-0.39, 0.29) is 0 Å². The van der Waals surface area contributed by atoms with Gasteiger partial charge in [0.1, 0.15) is 5.82 Å². The predicted octanol–water partition coefficient (Wildman–Crippen LogP) is 5.69. The number of anilines is 3. The molecule has 5 heteroatoms. The molecule has 0 saturated heterocycles. The van der Waals surface area contributed by atoms with Gasteiger partial charge in [0.15, 0.2) is 0 Å². The van der Waals surface area contributed by atoms with Gasteiger partial charge in [-0.2, -0.15) is 4.98 Å². The second-order valence-corrected chi connectivity index (χ2v) is 7.03. The summed E-state index contributed by atoms with van der Waals surface area (Å²) in [6.07, 6.45) is 4.98. The maximum Gasteiger partial charge on any atom is 0.229 e. The van der Waals surface area contributed by atoms with Crippen LogP contribution in [0, 0.1) is 6.92 Å². The van der Waals surface area contributed by atoms with Crippen molar-refractivity contribution in [1.82, 2.24) is 9.97 Å². The summed E-state index contributed by atoms with van der Waals surface area (Å²) in [5.74, 6) is 1.48. The van der Waals surface area contributed by atoms with Crippen LogP contribution in [0.25, 0.3) is 10.9 Å². The van der Waals surface area contributed by atoms with Gasteiger partial charge in [-0.1, -0.05) is 42.6 Å². The van der Waals surface area contributed by atoms with Gasteiger partial charge < -0.3 is 10.6 Å². The fraction of sp³-hybridized carbons (Fsp3) is 0.300. The minimum Gasteiger partial charge on any atom is -0.367 e. The molecule has 0 radical (unpaired) electrons. The molecule has 0 bridgehead atoms. The van der Waals surface area contributed by atoms with E-state index in [0.29, 0.717) is 12.0 Å². The summed E-state index contributed by atoms with van der Waals surface area (Å²) in [5.41, 5.74) is 2.87. The van der Waals surface area contributed by atoms with Gasteiger partial charge in [0, 0.05) is 22.1 Å². The number of fused-ring (bicyclic) bond motifs is 1. The van der Waals surface area contributed by atoms with E-state index in [4.69, 9.17) is 16.6 Å². The molecule has 2 aromatic carbocycles. The second-order valence-electron chi connectivity index (χ2n) is 6.63. The first-order valence-electron chi connectivity index (χ1n) is 8.75. The first kappa shape index (κ1) is 16.2. The van der Waals surface area contributed by atoms with Gasteiger partial charge in [-0.15, -0.1) is 0 Å². The quantitative estimate of drug-likeness (QED) is 0.633. The van der Waals surface area contributed by atoms with Crippen molar-refractivity contribution < 1.29 is 0 Å². The highest BCUT2D eigenvalue weighted by Gasteiger charge is 2.17. The molecule has 1 saturated carbocycles. The summed E-state index contributed by atoms with van der Waals surface area (Å²) in [4.78, 5) is 9.39. The molecule has 4 rings (SSSR count). The summed E-state index contributed by atoms with van der Waals surface area (Å²) in [7, 11) is 0. The van der Waals surface area contributed by atoms with Crippen molar-refractivity contribution in [3.63, 3.8) is 0 Å². The van der Waals surface area contributed by atoms with Crippen molar-refractivity contribution >= 4 is 40.0 Å². The number of rotatable bonds is 4. The third-order valence-corrected chi connectivity index (χ3v) is 5.13. The van der Waals surface area contributed by atoms with E-state index >= 15 is 0 Å². The Labute approximate surface area is 152 Å². The lowest BCUT2D eigenvalue weighted by Crippen LogP contribution is -2.16.